The Morgan fingerprint density at radius 3 is 2.42 bits per heavy atom. The quantitative estimate of drug-likeness (QED) is 0.781. The van der Waals surface area contributed by atoms with Crippen LogP contribution >= 0.6 is 0 Å². The van der Waals surface area contributed by atoms with E-state index < -0.39 is 24.7 Å². The van der Waals surface area contributed by atoms with E-state index in [1.807, 2.05) is 6.92 Å². The maximum absolute atomic E-state index is 13.1. The lowest BCUT2D eigenvalue weighted by Gasteiger charge is -2.15. The summed E-state index contributed by atoms with van der Waals surface area (Å²) in [5.41, 5.74) is 2.53. The number of alkyl halides is 3. The molecule has 1 atom stereocenters. The van der Waals surface area contributed by atoms with Gasteiger partial charge in [0.2, 0.25) is 0 Å². The van der Waals surface area contributed by atoms with Crippen molar-refractivity contribution in [3.63, 3.8) is 0 Å². The number of carbonyl (C=O) groups excluding carboxylic acids is 1. The van der Waals surface area contributed by atoms with Gasteiger partial charge >= 0.3 is 6.18 Å². The second-order valence-corrected chi connectivity index (χ2v) is 6.10. The van der Waals surface area contributed by atoms with Gasteiger partial charge in [0.25, 0.3) is 5.91 Å². The van der Waals surface area contributed by atoms with Crippen molar-refractivity contribution in [2.24, 2.45) is 0 Å². The molecule has 0 bridgehead atoms. The second kappa shape index (κ2) is 7.90. The van der Waals surface area contributed by atoms with Crippen LogP contribution in [-0.2, 0) is 4.74 Å². The summed E-state index contributed by atoms with van der Waals surface area (Å²) in [6.07, 6.45) is -4.40. The van der Waals surface area contributed by atoms with Gasteiger partial charge in [0, 0.05) is 23.1 Å². The van der Waals surface area contributed by atoms with Crippen molar-refractivity contribution in [1.29, 1.82) is 0 Å². The number of hydrogen-bond donors (Lipinski definition) is 1. The van der Waals surface area contributed by atoms with Crippen molar-refractivity contribution in [1.82, 2.24) is 9.88 Å². The molecule has 0 radical (unpaired) electrons. The van der Waals surface area contributed by atoms with Crippen molar-refractivity contribution < 1.29 is 27.1 Å². The largest absolute Gasteiger partial charge is 0.411 e. The molecule has 0 saturated heterocycles. The molecule has 4 nitrogen and oxygen atoms in total. The number of nitrogens with zero attached hydrogens (tertiary/aromatic N) is 1. The van der Waals surface area contributed by atoms with Crippen LogP contribution in [0.4, 0.5) is 17.6 Å². The Bertz CT molecular complexity index is 767. The molecule has 1 amide bonds. The van der Waals surface area contributed by atoms with Gasteiger partial charge in [0.05, 0.1) is 12.2 Å². The van der Waals surface area contributed by atoms with Crippen molar-refractivity contribution in [2.45, 2.75) is 33.0 Å². The summed E-state index contributed by atoms with van der Waals surface area (Å²) in [6.45, 7) is 3.51. The molecule has 1 aromatic heterocycles. The molecule has 0 fully saturated rings. The predicted octanol–water partition coefficient (Wildman–Crippen LogP) is 3.93. The van der Waals surface area contributed by atoms with Crippen molar-refractivity contribution in [3.8, 4) is 5.69 Å². The first-order chi connectivity index (χ1) is 12.1. The van der Waals surface area contributed by atoms with Gasteiger partial charge in [-0.25, -0.2) is 4.39 Å². The summed E-state index contributed by atoms with van der Waals surface area (Å²) in [4.78, 5) is 12.4. The molecule has 1 aromatic carbocycles. The Balaban J connectivity index is 2.08. The predicted molar refractivity (Wildman–Crippen MR) is 89.0 cm³/mol. The van der Waals surface area contributed by atoms with E-state index in [-0.39, 0.29) is 12.4 Å². The maximum atomic E-state index is 13.1. The standard InChI is InChI=1S/C18H20F4N2O2/c1-11(9-26-10-18(20,21)22)23-17(25)16-8-12(2)24(13(16)3)15-6-4-14(19)5-7-15/h4-8,11H,9-10H2,1-3H3,(H,23,25). The minimum atomic E-state index is -4.40. The van der Waals surface area contributed by atoms with Crippen LogP contribution in [0, 0.1) is 19.7 Å². The summed E-state index contributed by atoms with van der Waals surface area (Å²) >= 11 is 0. The van der Waals surface area contributed by atoms with Crippen molar-refractivity contribution in [2.75, 3.05) is 13.2 Å². The summed E-state index contributed by atoms with van der Waals surface area (Å²) in [6, 6.07) is 6.95. The Hall–Kier alpha value is -2.35. The minimum Gasteiger partial charge on any atom is -0.370 e. The molecule has 0 aliphatic heterocycles. The van der Waals surface area contributed by atoms with E-state index in [0.717, 1.165) is 5.69 Å². The molecule has 1 unspecified atom stereocenters. The zero-order chi connectivity index (χ0) is 19.5. The summed E-state index contributed by atoms with van der Waals surface area (Å²) in [5, 5.41) is 2.62. The molecule has 2 rings (SSSR count). The van der Waals surface area contributed by atoms with Crippen LogP contribution < -0.4 is 5.32 Å². The van der Waals surface area contributed by atoms with Gasteiger partial charge in [0.1, 0.15) is 12.4 Å². The smallest absolute Gasteiger partial charge is 0.370 e. The van der Waals surface area contributed by atoms with E-state index in [0.29, 0.717) is 16.9 Å². The molecule has 8 heteroatoms. The third-order valence-corrected chi connectivity index (χ3v) is 3.77. The maximum Gasteiger partial charge on any atom is 0.411 e. The topological polar surface area (TPSA) is 43.3 Å². The lowest BCUT2D eigenvalue weighted by molar-refractivity contribution is -0.174. The normalized spacial score (nSPS) is 12.9. The van der Waals surface area contributed by atoms with E-state index >= 15 is 0 Å². The van der Waals surface area contributed by atoms with E-state index in [2.05, 4.69) is 10.1 Å². The lowest BCUT2D eigenvalue weighted by atomic mass is 10.2. The van der Waals surface area contributed by atoms with Crippen LogP contribution in [0.2, 0.25) is 0 Å². The number of halogens is 4. The Kier molecular flexibility index (Phi) is 6.07. The number of amides is 1. The van der Waals surface area contributed by atoms with Crippen LogP contribution in [0.5, 0.6) is 0 Å². The summed E-state index contributed by atoms with van der Waals surface area (Å²) in [5.74, 6) is -0.767. The highest BCUT2D eigenvalue weighted by Crippen LogP contribution is 2.21. The number of hydrogen-bond acceptors (Lipinski definition) is 2. The third-order valence-electron chi connectivity index (χ3n) is 3.77. The molecule has 0 spiro atoms. The Morgan fingerprint density at radius 1 is 1.23 bits per heavy atom. The number of nitrogens with one attached hydrogen (secondary N) is 1. The zero-order valence-electron chi connectivity index (χ0n) is 14.7. The van der Waals surface area contributed by atoms with Gasteiger partial charge in [-0.1, -0.05) is 0 Å². The molecule has 2 aromatic rings. The SMILES string of the molecule is Cc1cc(C(=O)NC(C)COCC(F)(F)F)c(C)n1-c1ccc(F)cc1. The summed E-state index contributed by atoms with van der Waals surface area (Å²) < 4.78 is 55.7. The average Bonchev–Trinajstić information content (AvgIpc) is 2.82. The zero-order valence-corrected chi connectivity index (χ0v) is 14.7. The molecule has 0 saturated carbocycles. The molecule has 1 heterocycles. The van der Waals surface area contributed by atoms with Crippen LogP contribution in [0.3, 0.4) is 0 Å². The Labute approximate surface area is 148 Å². The number of aromatic nitrogens is 1. The fourth-order valence-electron chi connectivity index (χ4n) is 2.67. The molecule has 0 aliphatic rings. The number of aryl methyl sites for hydroxylation is 1. The number of ether oxygens (including phenoxy) is 1. The molecular formula is C18H20F4N2O2. The number of rotatable bonds is 6. The van der Waals surface area contributed by atoms with Gasteiger partial charge in [-0.3, -0.25) is 4.79 Å². The van der Waals surface area contributed by atoms with Crippen LogP contribution in [0.1, 0.15) is 28.7 Å². The van der Waals surface area contributed by atoms with Crippen molar-refractivity contribution >= 4 is 5.91 Å². The number of benzene rings is 1. The molecular weight excluding hydrogens is 352 g/mol. The fourth-order valence-corrected chi connectivity index (χ4v) is 2.67. The number of carbonyl (C=O) groups is 1. The van der Waals surface area contributed by atoms with Crippen LogP contribution in [0.25, 0.3) is 5.69 Å². The van der Waals surface area contributed by atoms with E-state index in [4.69, 9.17) is 0 Å². The highest BCUT2D eigenvalue weighted by atomic mass is 19.4. The van der Waals surface area contributed by atoms with Crippen LogP contribution in [0.15, 0.2) is 30.3 Å². The summed E-state index contributed by atoms with van der Waals surface area (Å²) in [7, 11) is 0. The van der Waals surface area contributed by atoms with E-state index in [1.165, 1.54) is 12.1 Å². The average molecular weight is 372 g/mol. The fraction of sp³-hybridized carbons (Fsp3) is 0.389. The molecule has 1 N–H and O–H groups in total. The van der Waals surface area contributed by atoms with E-state index in [9.17, 15) is 22.4 Å². The lowest BCUT2D eigenvalue weighted by Crippen LogP contribution is -2.37. The highest BCUT2D eigenvalue weighted by molar-refractivity contribution is 5.96. The van der Waals surface area contributed by atoms with Crippen LogP contribution in [-0.4, -0.2) is 35.9 Å². The van der Waals surface area contributed by atoms with E-state index in [1.54, 1.807) is 36.6 Å². The first kappa shape index (κ1) is 20.0. The molecule has 0 aliphatic carbocycles. The minimum absolute atomic E-state index is 0.248. The second-order valence-electron chi connectivity index (χ2n) is 6.10. The van der Waals surface area contributed by atoms with Crippen molar-refractivity contribution in [3.05, 3.63) is 53.1 Å². The van der Waals surface area contributed by atoms with Gasteiger partial charge in [-0.15, -0.1) is 0 Å². The van der Waals surface area contributed by atoms with Gasteiger partial charge in [0.15, 0.2) is 0 Å². The highest BCUT2D eigenvalue weighted by Gasteiger charge is 2.28. The van der Waals surface area contributed by atoms with Gasteiger partial charge in [-0.2, -0.15) is 13.2 Å². The third kappa shape index (κ3) is 5.08. The Morgan fingerprint density at radius 2 is 1.85 bits per heavy atom. The van der Waals surface area contributed by atoms with Gasteiger partial charge < -0.3 is 14.6 Å². The first-order valence-corrected chi connectivity index (χ1v) is 7.98. The monoisotopic (exact) mass is 372 g/mol. The molecule has 26 heavy (non-hydrogen) atoms. The van der Waals surface area contributed by atoms with Gasteiger partial charge in [-0.05, 0) is 51.1 Å². The first-order valence-electron chi connectivity index (χ1n) is 7.98. The molecule has 142 valence electrons.